The summed E-state index contributed by atoms with van der Waals surface area (Å²) in [6.45, 7) is 1.11. The third kappa shape index (κ3) is 4.86. The molecule has 84 valence electrons. The first-order valence-corrected chi connectivity index (χ1v) is 7.06. The quantitative estimate of drug-likeness (QED) is 0.842. The molecule has 0 radical (unpaired) electrons. The molecule has 0 aliphatic heterocycles. The Morgan fingerprint density at radius 1 is 1.53 bits per heavy atom. The zero-order valence-electron chi connectivity index (χ0n) is 8.43. The molecule has 0 heterocycles. The highest BCUT2D eigenvalue weighted by Crippen LogP contribution is 2.14. The van der Waals surface area contributed by atoms with E-state index in [0.717, 1.165) is 4.47 Å². The van der Waals surface area contributed by atoms with Crippen molar-refractivity contribution in [3.8, 4) is 0 Å². The summed E-state index contributed by atoms with van der Waals surface area (Å²) in [6, 6.07) is 4.97. The van der Waals surface area contributed by atoms with E-state index in [-0.39, 0.29) is 5.82 Å². The predicted molar refractivity (Wildman–Crippen MR) is 64.7 cm³/mol. The minimum Gasteiger partial charge on any atom is -0.312 e. The van der Waals surface area contributed by atoms with Gasteiger partial charge in [0.15, 0.2) is 0 Å². The number of nitrogens with one attached hydrogen (secondary N) is 1. The van der Waals surface area contributed by atoms with E-state index in [1.54, 1.807) is 18.4 Å². The molecule has 0 aliphatic rings. The van der Waals surface area contributed by atoms with E-state index in [0.29, 0.717) is 24.4 Å². The minimum absolute atomic E-state index is 0.227. The van der Waals surface area contributed by atoms with Crippen molar-refractivity contribution in [2.75, 3.05) is 18.6 Å². The van der Waals surface area contributed by atoms with Gasteiger partial charge in [0.2, 0.25) is 0 Å². The van der Waals surface area contributed by atoms with E-state index in [1.165, 1.54) is 6.07 Å². The molecule has 1 rings (SSSR count). The van der Waals surface area contributed by atoms with Crippen LogP contribution >= 0.6 is 15.9 Å². The molecule has 0 saturated carbocycles. The predicted octanol–water partition coefficient (Wildman–Crippen LogP) is 2.06. The Morgan fingerprint density at radius 3 is 2.87 bits per heavy atom. The van der Waals surface area contributed by atoms with Gasteiger partial charge in [-0.05, 0) is 12.1 Å². The number of benzene rings is 1. The van der Waals surface area contributed by atoms with E-state index in [4.69, 9.17) is 0 Å². The molecule has 1 atom stereocenters. The summed E-state index contributed by atoms with van der Waals surface area (Å²) in [4.78, 5) is 0. The van der Waals surface area contributed by atoms with Gasteiger partial charge in [-0.25, -0.2) is 4.39 Å². The number of rotatable bonds is 5. The van der Waals surface area contributed by atoms with Gasteiger partial charge in [0, 0.05) is 45.9 Å². The standard InChI is InChI=1S/C10H13BrFNOS/c1-15(14)5-4-13-7-8-2-3-9(11)6-10(8)12/h2-3,6,13H,4-5,7H2,1H3. The highest BCUT2D eigenvalue weighted by molar-refractivity contribution is 9.10. The van der Waals surface area contributed by atoms with Crippen LogP contribution < -0.4 is 5.32 Å². The normalized spacial score (nSPS) is 12.7. The van der Waals surface area contributed by atoms with Crippen molar-refractivity contribution in [1.82, 2.24) is 5.32 Å². The maximum Gasteiger partial charge on any atom is 0.128 e. The highest BCUT2D eigenvalue weighted by atomic mass is 79.9. The van der Waals surface area contributed by atoms with Crippen LogP contribution in [0.2, 0.25) is 0 Å². The second-order valence-electron chi connectivity index (χ2n) is 3.19. The molecule has 1 N–H and O–H groups in total. The maximum atomic E-state index is 13.3. The summed E-state index contributed by atoms with van der Waals surface area (Å²) in [7, 11) is -0.796. The molecular weight excluding hydrogens is 281 g/mol. The molecule has 0 bridgehead atoms. The Bertz CT molecular complexity index is 359. The molecule has 0 aromatic heterocycles. The van der Waals surface area contributed by atoms with Gasteiger partial charge >= 0.3 is 0 Å². The minimum atomic E-state index is -0.796. The van der Waals surface area contributed by atoms with Gasteiger partial charge in [0.05, 0.1) is 0 Å². The molecule has 1 aromatic carbocycles. The zero-order valence-corrected chi connectivity index (χ0v) is 10.8. The van der Waals surface area contributed by atoms with Gasteiger partial charge < -0.3 is 5.32 Å². The molecule has 1 unspecified atom stereocenters. The second kappa shape index (κ2) is 6.35. The SMILES string of the molecule is CS(=O)CCNCc1ccc(Br)cc1F. The van der Waals surface area contributed by atoms with Crippen LogP contribution in [0.1, 0.15) is 5.56 Å². The second-order valence-corrected chi connectivity index (χ2v) is 5.66. The van der Waals surface area contributed by atoms with Crippen molar-refractivity contribution in [3.05, 3.63) is 34.1 Å². The third-order valence-electron chi connectivity index (χ3n) is 1.90. The van der Waals surface area contributed by atoms with Gasteiger partial charge in [-0.15, -0.1) is 0 Å². The van der Waals surface area contributed by atoms with E-state index >= 15 is 0 Å². The molecule has 1 aromatic rings. The summed E-state index contributed by atoms with van der Waals surface area (Å²) in [5.41, 5.74) is 0.625. The lowest BCUT2D eigenvalue weighted by atomic mass is 10.2. The maximum absolute atomic E-state index is 13.3. The summed E-state index contributed by atoms with van der Waals surface area (Å²) < 4.78 is 24.8. The molecule has 15 heavy (non-hydrogen) atoms. The summed E-state index contributed by atoms with van der Waals surface area (Å²) in [5.74, 6) is 0.368. The van der Waals surface area contributed by atoms with Crippen molar-refractivity contribution in [1.29, 1.82) is 0 Å². The number of halogens is 2. The van der Waals surface area contributed by atoms with Crippen molar-refractivity contribution in [2.45, 2.75) is 6.54 Å². The topological polar surface area (TPSA) is 29.1 Å². The number of hydrogen-bond acceptors (Lipinski definition) is 2. The zero-order chi connectivity index (χ0) is 11.3. The van der Waals surface area contributed by atoms with Crippen LogP contribution in [0, 0.1) is 5.82 Å². The monoisotopic (exact) mass is 293 g/mol. The van der Waals surface area contributed by atoms with Crippen LogP contribution in [-0.4, -0.2) is 22.8 Å². The molecule has 0 aliphatic carbocycles. The van der Waals surface area contributed by atoms with Crippen molar-refractivity contribution < 1.29 is 8.60 Å². The average Bonchev–Trinajstić information content (AvgIpc) is 2.14. The van der Waals surface area contributed by atoms with Gasteiger partial charge in [-0.2, -0.15) is 0 Å². The molecule has 0 spiro atoms. The van der Waals surface area contributed by atoms with Crippen LogP contribution in [0.5, 0.6) is 0 Å². The van der Waals surface area contributed by atoms with Crippen LogP contribution in [0.4, 0.5) is 4.39 Å². The Labute approximate surface area is 99.8 Å². The average molecular weight is 294 g/mol. The Morgan fingerprint density at radius 2 is 2.27 bits per heavy atom. The Hall–Kier alpha value is -0.260. The highest BCUT2D eigenvalue weighted by Gasteiger charge is 2.01. The van der Waals surface area contributed by atoms with Crippen LogP contribution in [0.3, 0.4) is 0 Å². The van der Waals surface area contributed by atoms with Gasteiger partial charge in [-0.1, -0.05) is 22.0 Å². The largest absolute Gasteiger partial charge is 0.312 e. The third-order valence-corrected chi connectivity index (χ3v) is 3.17. The van der Waals surface area contributed by atoms with Crippen molar-refractivity contribution in [2.24, 2.45) is 0 Å². The molecule has 0 amide bonds. The van der Waals surface area contributed by atoms with Crippen molar-refractivity contribution >= 4 is 26.7 Å². The van der Waals surface area contributed by atoms with Gasteiger partial charge in [0.1, 0.15) is 5.82 Å². The fraction of sp³-hybridized carbons (Fsp3) is 0.400. The Kier molecular flexibility index (Phi) is 5.42. The van der Waals surface area contributed by atoms with Gasteiger partial charge in [0.25, 0.3) is 0 Å². The van der Waals surface area contributed by atoms with E-state index in [9.17, 15) is 8.60 Å². The molecule has 0 saturated heterocycles. The number of hydrogen-bond donors (Lipinski definition) is 1. The lowest BCUT2D eigenvalue weighted by Gasteiger charge is -2.05. The first-order valence-electron chi connectivity index (χ1n) is 4.54. The van der Waals surface area contributed by atoms with E-state index < -0.39 is 10.8 Å². The fourth-order valence-corrected chi connectivity index (χ4v) is 1.87. The van der Waals surface area contributed by atoms with Gasteiger partial charge in [-0.3, -0.25) is 4.21 Å². The smallest absolute Gasteiger partial charge is 0.128 e. The van der Waals surface area contributed by atoms with E-state index in [2.05, 4.69) is 21.2 Å². The van der Waals surface area contributed by atoms with E-state index in [1.807, 2.05) is 0 Å². The van der Waals surface area contributed by atoms with Crippen LogP contribution in [0.15, 0.2) is 22.7 Å². The fourth-order valence-electron chi connectivity index (χ4n) is 1.10. The molecule has 2 nitrogen and oxygen atoms in total. The summed E-state index contributed by atoms with van der Waals surface area (Å²) in [6.07, 6.45) is 1.65. The Balaban J connectivity index is 2.40. The summed E-state index contributed by atoms with van der Waals surface area (Å²) in [5, 5.41) is 3.04. The lowest BCUT2D eigenvalue weighted by molar-refractivity contribution is 0.592. The summed E-state index contributed by atoms with van der Waals surface area (Å²) >= 11 is 3.20. The molecule has 5 heteroatoms. The van der Waals surface area contributed by atoms with Crippen LogP contribution in [0.25, 0.3) is 0 Å². The lowest BCUT2D eigenvalue weighted by Crippen LogP contribution is -2.20. The van der Waals surface area contributed by atoms with Crippen LogP contribution in [-0.2, 0) is 17.3 Å². The first-order chi connectivity index (χ1) is 7.09. The molecule has 0 fully saturated rings. The molecular formula is C10H13BrFNOS. The first kappa shape index (κ1) is 12.8. The van der Waals surface area contributed by atoms with Crippen molar-refractivity contribution in [3.63, 3.8) is 0 Å².